The van der Waals surface area contributed by atoms with E-state index >= 15 is 0 Å². The van der Waals surface area contributed by atoms with Crippen LogP contribution in [-0.2, 0) is 0 Å². The molecule has 0 spiro atoms. The Balaban J connectivity index is 1.10. The molecule has 0 aliphatic rings. The average Bonchev–Trinajstić information content (AvgIpc) is 3.78. The Bertz CT molecular complexity index is 2780. The van der Waals surface area contributed by atoms with Crippen molar-refractivity contribution < 1.29 is 4.42 Å². The van der Waals surface area contributed by atoms with Crippen molar-refractivity contribution in [3.63, 3.8) is 0 Å². The molecule has 0 unspecified atom stereocenters. The molecule has 0 fully saturated rings. The van der Waals surface area contributed by atoms with Gasteiger partial charge in [-0.3, -0.25) is 0 Å². The third kappa shape index (κ3) is 4.65. The SMILES string of the molecule is c1ccc(-c2nc(-c3ccccc3)nc(-c3ccc4cc(-n5c6ccccc6c6c(-c7nc8ccccc8o7)cccc65)ccc4c3)n2)cc1. The molecule has 10 rings (SSSR count). The van der Waals surface area contributed by atoms with Crippen LogP contribution in [0.1, 0.15) is 0 Å². The lowest BCUT2D eigenvalue weighted by molar-refractivity contribution is 0.620. The molecule has 0 atom stereocenters. The van der Waals surface area contributed by atoms with Gasteiger partial charge in [0.1, 0.15) is 5.52 Å². The van der Waals surface area contributed by atoms with E-state index in [0.29, 0.717) is 23.4 Å². The van der Waals surface area contributed by atoms with Crippen LogP contribution in [0.15, 0.2) is 168 Å². The predicted octanol–water partition coefficient (Wildman–Crippen LogP) is 10.9. The number of aromatic nitrogens is 5. The van der Waals surface area contributed by atoms with Gasteiger partial charge in [-0.1, -0.05) is 115 Å². The van der Waals surface area contributed by atoms with Gasteiger partial charge in [-0.15, -0.1) is 0 Å². The lowest BCUT2D eigenvalue weighted by Gasteiger charge is -2.11. The summed E-state index contributed by atoms with van der Waals surface area (Å²) >= 11 is 0. The number of oxazole rings is 1. The van der Waals surface area contributed by atoms with Crippen molar-refractivity contribution in [2.75, 3.05) is 0 Å². The highest BCUT2D eigenvalue weighted by atomic mass is 16.3. The smallest absolute Gasteiger partial charge is 0.228 e. The summed E-state index contributed by atoms with van der Waals surface area (Å²) in [5.41, 5.74) is 8.72. The van der Waals surface area contributed by atoms with Crippen molar-refractivity contribution in [3.8, 4) is 51.3 Å². The van der Waals surface area contributed by atoms with E-state index in [-0.39, 0.29) is 0 Å². The van der Waals surface area contributed by atoms with E-state index in [1.165, 1.54) is 0 Å². The molecule has 0 aliphatic carbocycles. The molecular formula is C44H27N5O. The number of nitrogens with zero attached hydrogens (tertiary/aromatic N) is 5. The van der Waals surface area contributed by atoms with E-state index in [0.717, 1.165) is 71.6 Å². The lowest BCUT2D eigenvalue weighted by Crippen LogP contribution is -2.00. The van der Waals surface area contributed by atoms with Gasteiger partial charge in [0.05, 0.1) is 11.0 Å². The molecule has 0 aliphatic heterocycles. The number of rotatable bonds is 5. The fraction of sp³-hybridized carbons (Fsp3) is 0. The van der Waals surface area contributed by atoms with Crippen LogP contribution in [-0.4, -0.2) is 24.5 Å². The molecule has 10 aromatic rings. The normalized spacial score (nSPS) is 11.6. The predicted molar refractivity (Wildman–Crippen MR) is 201 cm³/mol. The molecule has 0 saturated heterocycles. The van der Waals surface area contributed by atoms with Gasteiger partial charge < -0.3 is 8.98 Å². The van der Waals surface area contributed by atoms with Crippen LogP contribution in [0.3, 0.4) is 0 Å². The van der Waals surface area contributed by atoms with E-state index in [1.54, 1.807) is 0 Å². The summed E-state index contributed by atoms with van der Waals surface area (Å²) in [7, 11) is 0. The minimum atomic E-state index is 0.620. The first kappa shape index (κ1) is 28.1. The monoisotopic (exact) mass is 641 g/mol. The summed E-state index contributed by atoms with van der Waals surface area (Å²) in [5, 5.41) is 4.48. The maximum absolute atomic E-state index is 6.26. The molecule has 0 amide bonds. The van der Waals surface area contributed by atoms with E-state index in [1.807, 2.05) is 84.9 Å². The molecule has 234 valence electrons. The summed E-state index contributed by atoms with van der Waals surface area (Å²) in [6.07, 6.45) is 0. The molecule has 0 saturated carbocycles. The van der Waals surface area contributed by atoms with Crippen molar-refractivity contribution >= 4 is 43.7 Å². The van der Waals surface area contributed by atoms with Crippen LogP contribution in [0.4, 0.5) is 0 Å². The number of para-hydroxylation sites is 3. The standard InChI is InChI=1S/C44H27N5O/c1-3-12-28(13-4-1)41-46-42(29-14-5-2-6-15-29)48-43(47-41)32-23-22-31-27-33(25-24-30(31)26-32)49-37-19-9-7-16-34(37)40-35(17-11-20-38(40)49)44-45-36-18-8-10-21-39(36)50-44/h1-27H. The Labute approximate surface area is 287 Å². The largest absolute Gasteiger partial charge is 0.436 e. The van der Waals surface area contributed by atoms with Gasteiger partial charge in [-0.2, -0.15) is 0 Å². The summed E-state index contributed by atoms with van der Waals surface area (Å²) in [6.45, 7) is 0. The Kier molecular flexibility index (Phi) is 6.39. The summed E-state index contributed by atoms with van der Waals surface area (Å²) in [5.74, 6) is 2.55. The highest BCUT2D eigenvalue weighted by Crippen LogP contribution is 2.39. The Hall–Kier alpha value is -6.92. The van der Waals surface area contributed by atoms with Crippen molar-refractivity contribution in [1.82, 2.24) is 24.5 Å². The minimum Gasteiger partial charge on any atom is -0.436 e. The van der Waals surface area contributed by atoms with Crippen LogP contribution in [0.5, 0.6) is 0 Å². The fourth-order valence-corrected chi connectivity index (χ4v) is 6.91. The van der Waals surface area contributed by atoms with E-state index in [9.17, 15) is 0 Å². The summed E-state index contributed by atoms with van der Waals surface area (Å²) < 4.78 is 8.59. The summed E-state index contributed by atoms with van der Waals surface area (Å²) in [4.78, 5) is 19.6. The second-order valence-electron chi connectivity index (χ2n) is 12.3. The summed E-state index contributed by atoms with van der Waals surface area (Å²) in [6, 6.07) is 55.9. The third-order valence-corrected chi connectivity index (χ3v) is 9.26. The topological polar surface area (TPSA) is 69.6 Å². The number of hydrogen-bond donors (Lipinski definition) is 0. The molecule has 6 nitrogen and oxygen atoms in total. The van der Waals surface area contributed by atoms with E-state index in [2.05, 4.69) is 83.4 Å². The van der Waals surface area contributed by atoms with Crippen LogP contribution in [0, 0.1) is 0 Å². The van der Waals surface area contributed by atoms with Gasteiger partial charge in [0.15, 0.2) is 23.1 Å². The first-order chi connectivity index (χ1) is 24.8. The zero-order valence-electron chi connectivity index (χ0n) is 26.7. The zero-order chi connectivity index (χ0) is 33.0. The van der Waals surface area contributed by atoms with Gasteiger partial charge >= 0.3 is 0 Å². The van der Waals surface area contributed by atoms with Crippen LogP contribution < -0.4 is 0 Å². The van der Waals surface area contributed by atoms with Crippen molar-refractivity contribution in [2.24, 2.45) is 0 Å². The molecular weight excluding hydrogens is 615 g/mol. The van der Waals surface area contributed by atoms with Gasteiger partial charge in [0, 0.05) is 38.7 Å². The Morgan fingerprint density at radius 1 is 0.440 bits per heavy atom. The number of fused-ring (bicyclic) bond motifs is 5. The minimum absolute atomic E-state index is 0.620. The molecule has 50 heavy (non-hydrogen) atoms. The molecule has 0 bridgehead atoms. The molecule has 0 radical (unpaired) electrons. The molecule has 3 aromatic heterocycles. The Morgan fingerprint density at radius 2 is 1.06 bits per heavy atom. The van der Waals surface area contributed by atoms with Crippen molar-refractivity contribution in [1.29, 1.82) is 0 Å². The van der Waals surface area contributed by atoms with Gasteiger partial charge in [0.2, 0.25) is 5.89 Å². The second kappa shape index (κ2) is 11.4. The molecule has 0 N–H and O–H groups in total. The number of benzene rings is 7. The highest BCUT2D eigenvalue weighted by molar-refractivity contribution is 6.15. The van der Waals surface area contributed by atoms with Crippen LogP contribution in [0.25, 0.3) is 95.0 Å². The quantitative estimate of drug-likeness (QED) is 0.187. The van der Waals surface area contributed by atoms with Gasteiger partial charge in [-0.25, -0.2) is 19.9 Å². The molecule has 6 heteroatoms. The van der Waals surface area contributed by atoms with E-state index < -0.39 is 0 Å². The highest BCUT2D eigenvalue weighted by Gasteiger charge is 2.19. The fourth-order valence-electron chi connectivity index (χ4n) is 6.91. The maximum Gasteiger partial charge on any atom is 0.228 e. The third-order valence-electron chi connectivity index (χ3n) is 9.26. The molecule has 7 aromatic carbocycles. The Morgan fingerprint density at radius 3 is 1.82 bits per heavy atom. The zero-order valence-corrected chi connectivity index (χ0v) is 26.7. The lowest BCUT2D eigenvalue weighted by atomic mass is 10.1. The van der Waals surface area contributed by atoms with Gasteiger partial charge in [-0.05, 0) is 59.3 Å². The van der Waals surface area contributed by atoms with Crippen LogP contribution >= 0.6 is 0 Å². The number of hydrogen-bond acceptors (Lipinski definition) is 5. The van der Waals surface area contributed by atoms with Crippen molar-refractivity contribution in [3.05, 3.63) is 164 Å². The maximum atomic E-state index is 6.26. The second-order valence-corrected chi connectivity index (χ2v) is 12.3. The first-order valence-corrected chi connectivity index (χ1v) is 16.6. The van der Waals surface area contributed by atoms with E-state index in [4.69, 9.17) is 24.4 Å². The van der Waals surface area contributed by atoms with Crippen LogP contribution in [0.2, 0.25) is 0 Å². The average molecular weight is 642 g/mol. The van der Waals surface area contributed by atoms with Gasteiger partial charge in [0.25, 0.3) is 0 Å². The van der Waals surface area contributed by atoms with Crippen molar-refractivity contribution in [2.45, 2.75) is 0 Å². The molecule has 3 heterocycles. The first-order valence-electron chi connectivity index (χ1n) is 16.6.